The molecular formula is C12H12F3NO6. The second-order valence-electron chi connectivity index (χ2n) is 4.36. The molecule has 0 aromatic heterocycles. The van der Waals surface area contributed by atoms with Crippen molar-refractivity contribution < 1.29 is 37.8 Å². The van der Waals surface area contributed by atoms with Gasteiger partial charge in [-0.2, -0.15) is 13.2 Å². The topological polar surface area (TPSA) is 110 Å². The maximum Gasteiger partial charge on any atom is 0.416 e. The van der Waals surface area contributed by atoms with E-state index in [0.29, 0.717) is 18.2 Å². The van der Waals surface area contributed by atoms with E-state index in [4.69, 9.17) is 0 Å². The van der Waals surface area contributed by atoms with Gasteiger partial charge < -0.3 is 14.9 Å². The normalized spacial score (nSPS) is 14.3. The highest BCUT2D eigenvalue weighted by Crippen LogP contribution is 2.34. The Labute approximate surface area is 122 Å². The third-order valence-corrected chi connectivity index (χ3v) is 2.79. The first-order valence-electron chi connectivity index (χ1n) is 5.85. The van der Waals surface area contributed by atoms with Gasteiger partial charge in [-0.1, -0.05) is 0 Å². The van der Waals surface area contributed by atoms with Crippen LogP contribution in [0.1, 0.15) is 23.7 Å². The van der Waals surface area contributed by atoms with Crippen LogP contribution in [0, 0.1) is 10.1 Å². The summed E-state index contributed by atoms with van der Waals surface area (Å²) in [5.74, 6) is -0.895. The quantitative estimate of drug-likeness (QED) is 0.483. The number of ether oxygens (including phenoxy) is 1. The lowest BCUT2D eigenvalue weighted by Gasteiger charge is -2.18. The van der Waals surface area contributed by atoms with Gasteiger partial charge in [-0.05, 0) is 11.6 Å². The molecule has 1 aromatic rings. The van der Waals surface area contributed by atoms with Gasteiger partial charge in [-0.3, -0.25) is 14.9 Å². The summed E-state index contributed by atoms with van der Waals surface area (Å²) >= 11 is 0. The third-order valence-electron chi connectivity index (χ3n) is 2.79. The highest BCUT2D eigenvalue weighted by Gasteiger charge is 2.34. The molecule has 0 bridgehead atoms. The van der Waals surface area contributed by atoms with Gasteiger partial charge in [0, 0.05) is 12.1 Å². The van der Waals surface area contributed by atoms with E-state index in [1.165, 1.54) is 0 Å². The van der Waals surface area contributed by atoms with Crippen molar-refractivity contribution in [3.05, 3.63) is 39.4 Å². The summed E-state index contributed by atoms with van der Waals surface area (Å²) in [4.78, 5) is 20.6. The molecular weight excluding hydrogens is 311 g/mol. The Morgan fingerprint density at radius 3 is 2.41 bits per heavy atom. The summed E-state index contributed by atoms with van der Waals surface area (Å²) in [5, 5.41) is 30.0. The average molecular weight is 323 g/mol. The van der Waals surface area contributed by atoms with Crippen molar-refractivity contribution in [2.75, 3.05) is 7.11 Å². The van der Waals surface area contributed by atoms with Crippen LogP contribution < -0.4 is 0 Å². The molecule has 1 rings (SSSR count). The van der Waals surface area contributed by atoms with Gasteiger partial charge in [0.05, 0.1) is 30.1 Å². The summed E-state index contributed by atoms with van der Waals surface area (Å²) < 4.78 is 42.3. The summed E-state index contributed by atoms with van der Waals surface area (Å²) in [6.07, 6.45) is -9.23. The van der Waals surface area contributed by atoms with Gasteiger partial charge in [0.1, 0.15) is 6.10 Å². The van der Waals surface area contributed by atoms with Crippen LogP contribution in [0.2, 0.25) is 0 Å². The molecule has 0 saturated carbocycles. The molecule has 22 heavy (non-hydrogen) atoms. The number of nitro groups is 1. The van der Waals surface area contributed by atoms with E-state index in [1.807, 2.05) is 0 Å². The molecule has 2 atom stereocenters. The Hall–Kier alpha value is -2.20. The molecule has 0 saturated heterocycles. The number of nitro benzene ring substituents is 1. The van der Waals surface area contributed by atoms with Crippen molar-refractivity contribution in [1.82, 2.24) is 0 Å². The molecule has 1 aromatic carbocycles. The lowest BCUT2D eigenvalue weighted by atomic mass is 9.99. The summed E-state index contributed by atoms with van der Waals surface area (Å²) in [5.41, 5.74) is -2.77. The number of halogens is 3. The largest absolute Gasteiger partial charge is 0.469 e. The SMILES string of the molecule is COC(=O)CC(O)C(O)c1cc([N+](=O)[O-])cc(C(F)(F)F)c1. The number of carbonyl (C=O) groups is 1. The number of rotatable bonds is 5. The van der Waals surface area contributed by atoms with Gasteiger partial charge in [0.2, 0.25) is 0 Å². The number of nitrogens with zero attached hydrogens (tertiary/aromatic N) is 1. The van der Waals surface area contributed by atoms with E-state index >= 15 is 0 Å². The Kier molecular flexibility index (Phi) is 5.44. The smallest absolute Gasteiger partial charge is 0.416 e. The molecule has 0 radical (unpaired) electrons. The van der Waals surface area contributed by atoms with E-state index < -0.39 is 52.5 Å². The fourth-order valence-electron chi connectivity index (χ4n) is 1.66. The Morgan fingerprint density at radius 2 is 1.95 bits per heavy atom. The zero-order chi connectivity index (χ0) is 17.1. The standard InChI is InChI=1S/C12H12F3NO6/c1-22-10(18)5-9(17)11(19)6-2-7(12(13,14)15)4-8(3-6)16(20)21/h2-4,9,11,17,19H,5H2,1H3. The molecule has 2 unspecified atom stereocenters. The summed E-state index contributed by atoms with van der Waals surface area (Å²) in [6, 6.07) is 1.47. The van der Waals surface area contributed by atoms with Gasteiger partial charge >= 0.3 is 12.1 Å². The van der Waals surface area contributed by atoms with Crippen molar-refractivity contribution in [3.63, 3.8) is 0 Å². The van der Waals surface area contributed by atoms with Crippen LogP contribution in [0.3, 0.4) is 0 Å². The maximum absolute atomic E-state index is 12.7. The fourth-order valence-corrected chi connectivity index (χ4v) is 1.66. The van der Waals surface area contributed by atoms with Crippen LogP contribution >= 0.6 is 0 Å². The second-order valence-corrected chi connectivity index (χ2v) is 4.36. The number of aliphatic hydroxyl groups is 2. The minimum Gasteiger partial charge on any atom is -0.469 e. The molecule has 0 spiro atoms. The average Bonchev–Trinajstić information content (AvgIpc) is 2.44. The molecule has 122 valence electrons. The van der Waals surface area contributed by atoms with E-state index in [2.05, 4.69) is 4.74 Å². The first kappa shape index (κ1) is 17.9. The van der Waals surface area contributed by atoms with Crippen LogP contribution in [0.4, 0.5) is 18.9 Å². The Morgan fingerprint density at radius 1 is 1.36 bits per heavy atom. The minimum atomic E-state index is -4.87. The number of benzene rings is 1. The van der Waals surface area contributed by atoms with E-state index in [-0.39, 0.29) is 0 Å². The molecule has 2 N–H and O–H groups in total. The van der Waals surface area contributed by atoms with Gasteiger partial charge in [-0.15, -0.1) is 0 Å². The Balaban J connectivity index is 3.19. The number of carbonyl (C=O) groups excluding carboxylic acids is 1. The second kappa shape index (κ2) is 6.71. The zero-order valence-electron chi connectivity index (χ0n) is 11.2. The fraction of sp³-hybridized carbons (Fsp3) is 0.417. The highest BCUT2D eigenvalue weighted by atomic mass is 19.4. The van der Waals surface area contributed by atoms with Crippen molar-refractivity contribution in [1.29, 1.82) is 0 Å². The molecule has 10 heteroatoms. The molecule has 0 aliphatic rings. The number of hydrogen-bond donors (Lipinski definition) is 2. The number of esters is 1. The molecule has 0 amide bonds. The predicted molar refractivity (Wildman–Crippen MR) is 65.7 cm³/mol. The first-order valence-corrected chi connectivity index (χ1v) is 5.85. The monoisotopic (exact) mass is 323 g/mol. The van der Waals surface area contributed by atoms with Crippen LogP contribution in [-0.4, -0.2) is 34.3 Å². The number of aliphatic hydroxyl groups excluding tert-OH is 2. The van der Waals surface area contributed by atoms with Crippen LogP contribution in [-0.2, 0) is 15.7 Å². The summed E-state index contributed by atoms with van der Waals surface area (Å²) in [7, 11) is 1.02. The Bertz CT molecular complexity index is 574. The number of methoxy groups -OCH3 is 1. The van der Waals surface area contributed by atoms with Gasteiger partial charge in [0.25, 0.3) is 5.69 Å². The molecule has 0 aliphatic carbocycles. The number of hydrogen-bond acceptors (Lipinski definition) is 6. The summed E-state index contributed by atoms with van der Waals surface area (Å²) in [6.45, 7) is 0. The maximum atomic E-state index is 12.7. The lowest BCUT2D eigenvalue weighted by molar-refractivity contribution is -0.385. The zero-order valence-corrected chi connectivity index (χ0v) is 11.2. The lowest BCUT2D eigenvalue weighted by Crippen LogP contribution is -2.23. The molecule has 7 nitrogen and oxygen atoms in total. The van der Waals surface area contributed by atoms with Crippen molar-refractivity contribution in [2.24, 2.45) is 0 Å². The molecule has 0 aliphatic heterocycles. The number of alkyl halides is 3. The van der Waals surface area contributed by atoms with Crippen LogP contribution in [0.5, 0.6) is 0 Å². The number of non-ortho nitro benzene ring substituents is 1. The van der Waals surface area contributed by atoms with E-state index in [9.17, 15) is 38.3 Å². The van der Waals surface area contributed by atoms with Crippen molar-refractivity contribution >= 4 is 11.7 Å². The highest BCUT2D eigenvalue weighted by molar-refractivity contribution is 5.69. The first-order chi connectivity index (χ1) is 10.1. The van der Waals surface area contributed by atoms with Crippen molar-refractivity contribution in [3.8, 4) is 0 Å². The van der Waals surface area contributed by atoms with E-state index in [1.54, 1.807) is 0 Å². The van der Waals surface area contributed by atoms with Crippen LogP contribution in [0.15, 0.2) is 18.2 Å². The third kappa shape index (κ3) is 4.40. The minimum absolute atomic E-state index is 0.308. The predicted octanol–water partition coefficient (Wildman–Crippen LogP) is 1.57. The molecule has 0 heterocycles. The van der Waals surface area contributed by atoms with Crippen LogP contribution in [0.25, 0.3) is 0 Å². The van der Waals surface area contributed by atoms with Crippen molar-refractivity contribution in [2.45, 2.75) is 24.8 Å². The van der Waals surface area contributed by atoms with Gasteiger partial charge in [-0.25, -0.2) is 0 Å². The van der Waals surface area contributed by atoms with Gasteiger partial charge in [0.15, 0.2) is 0 Å². The molecule has 0 fully saturated rings. The van der Waals surface area contributed by atoms with E-state index in [0.717, 1.165) is 7.11 Å².